The second-order valence-corrected chi connectivity index (χ2v) is 5.55. The van der Waals surface area contributed by atoms with Gasteiger partial charge in [0, 0.05) is 19.6 Å². The van der Waals surface area contributed by atoms with Gasteiger partial charge in [-0.3, -0.25) is 9.59 Å². The van der Waals surface area contributed by atoms with Crippen LogP contribution in [0.1, 0.15) is 23.2 Å². The van der Waals surface area contributed by atoms with E-state index >= 15 is 0 Å². The van der Waals surface area contributed by atoms with Crippen LogP contribution in [-0.2, 0) is 9.53 Å². The molecule has 1 aromatic heterocycles. The monoisotopic (exact) mass is 312 g/mol. The van der Waals surface area contributed by atoms with Crippen LogP contribution in [0.15, 0.2) is 16.7 Å². The average Bonchev–Trinajstić information content (AvgIpc) is 3.15. The number of rotatable bonds is 2. The molecule has 0 aliphatic carbocycles. The number of hydrogen-bond acceptors (Lipinski definition) is 4. The lowest BCUT2D eigenvalue weighted by molar-refractivity contribution is -0.139. The van der Waals surface area contributed by atoms with Crippen LogP contribution in [-0.4, -0.2) is 60.5 Å². The fourth-order valence-electron chi connectivity index (χ4n) is 2.86. The van der Waals surface area contributed by atoms with Crippen LogP contribution >= 0.6 is 11.6 Å². The van der Waals surface area contributed by atoms with Crippen molar-refractivity contribution in [3.05, 3.63) is 23.1 Å². The first kappa shape index (κ1) is 14.4. The molecule has 114 valence electrons. The van der Waals surface area contributed by atoms with Crippen molar-refractivity contribution in [2.24, 2.45) is 0 Å². The van der Waals surface area contributed by atoms with Crippen LogP contribution in [0.5, 0.6) is 0 Å². The molecule has 0 saturated carbocycles. The van der Waals surface area contributed by atoms with Gasteiger partial charge in [-0.1, -0.05) is 0 Å². The highest BCUT2D eigenvalue weighted by Gasteiger charge is 2.38. The molecule has 1 unspecified atom stereocenters. The quantitative estimate of drug-likeness (QED) is 0.828. The Bertz CT molecular complexity index is 539. The predicted octanol–water partition coefficient (Wildman–Crippen LogP) is 1.40. The van der Waals surface area contributed by atoms with E-state index in [1.807, 2.05) is 0 Å². The molecule has 2 amide bonds. The van der Waals surface area contributed by atoms with E-state index in [2.05, 4.69) is 0 Å². The fourth-order valence-corrected chi connectivity index (χ4v) is 3.06. The Kier molecular flexibility index (Phi) is 4.17. The van der Waals surface area contributed by atoms with Crippen molar-refractivity contribution in [3.8, 4) is 0 Å². The zero-order valence-corrected chi connectivity index (χ0v) is 12.3. The second-order valence-electron chi connectivity index (χ2n) is 5.20. The molecule has 0 aromatic carbocycles. The Balaban J connectivity index is 1.74. The standard InChI is InChI=1S/C14H17ClN2O4/c15-12-10(3-7-21-12)13(18)17-4-1-2-11(17)14(19)16-5-8-20-9-6-16/h3,7,11H,1-2,4-6,8-9H2. The number of likely N-dealkylation sites (tertiary alicyclic amines) is 1. The van der Waals surface area contributed by atoms with E-state index in [-0.39, 0.29) is 17.0 Å². The van der Waals surface area contributed by atoms with Crippen molar-refractivity contribution >= 4 is 23.4 Å². The number of amides is 2. The van der Waals surface area contributed by atoms with Crippen LogP contribution in [0.25, 0.3) is 0 Å². The van der Waals surface area contributed by atoms with Gasteiger partial charge in [0.2, 0.25) is 11.1 Å². The number of carbonyl (C=O) groups is 2. The minimum Gasteiger partial charge on any atom is -0.452 e. The summed E-state index contributed by atoms with van der Waals surface area (Å²) in [5, 5.41) is 0.0736. The predicted molar refractivity (Wildman–Crippen MR) is 75.2 cm³/mol. The summed E-state index contributed by atoms with van der Waals surface area (Å²) >= 11 is 5.86. The second kappa shape index (κ2) is 6.07. The third-order valence-corrected chi connectivity index (χ3v) is 4.26. The van der Waals surface area contributed by atoms with Gasteiger partial charge in [0.15, 0.2) is 0 Å². The summed E-state index contributed by atoms with van der Waals surface area (Å²) in [6.45, 7) is 2.86. The zero-order chi connectivity index (χ0) is 14.8. The van der Waals surface area contributed by atoms with E-state index in [0.29, 0.717) is 44.8 Å². The van der Waals surface area contributed by atoms with Gasteiger partial charge in [0.05, 0.1) is 25.0 Å². The van der Waals surface area contributed by atoms with Crippen LogP contribution in [0.4, 0.5) is 0 Å². The van der Waals surface area contributed by atoms with E-state index < -0.39 is 6.04 Å². The molecule has 0 bridgehead atoms. The highest BCUT2D eigenvalue weighted by Crippen LogP contribution is 2.25. The van der Waals surface area contributed by atoms with Crippen LogP contribution < -0.4 is 0 Å². The van der Waals surface area contributed by atoms with E-state index in [0.717, 1.165) is 6.42 Å². The molecule has 2 fully saturated rings. The number of nitrogens with zero attached hydrogens (tertiary/aromatic N) is 2. The lowest BCUT2D eigenvalue weighted by Crippen LogP contribution is -2.51. The molecular formula is C14H17ClN2O4. The minimum atomic E-state index is -0.401. The topological polar surface area (TPSA) is 63.0 Å². The maximum absolute atomic E-state index is 12.6. The van der Waals surface area contributed by atoms with E-state index in [9.17, 15) is 9.59 Å². The van der Waals surface area contributed by atoms with Crippen molar-refractivity contribution in [3.63, 3.8) is 0 Å². The van der Waals surface area contributed by atoms with Gasteiger partial charge >= 0.3 is 0 Å². The minimum absolute atomic E-state index is 0.00349. The molecule has 3 rings (SSSR count). The van der Waals surface area contributed by atoms with Crippen molar-refractivity contribution < 1.29 is 18.7 Å². The SMILES string of the molecule is O=C(C1CCCN1C(=O)c1ccoc1Cl)N1CCOCC1. The van der Waals surface area contributed by atoms with Gasteiger partial charge in [0.1, 0.15) is 6.04 Å². The Morgan fingerprint density at radius 1 is 1.24 bits per heavy atom. The summed E-state index contributed by atoms with van der Waals surface area (Å²) in [6.07, 6.45) is 2.89. The van der Waals surface area contributed by atoms with Crippen LogP contribution in [0.3, 0.4) is 0 Å². The Labute approximate surface area is 127 Å². The van der Waals surface area contributed by atoms with E-state index in [1.165, 1.54) is 6.26 Å². The zero-order valence-electron chi connectivity index (χ0n) is 11.6. The summed E-state index contributed by atoms with van der Waals surface area (Å²) in [7, 11) is 0. The summed E-state index contributed by atoms with van der Waals surface area (Å²) in [6, 6.07) is 1.14. The van der Waals surface area contributed by atoms with Crippen molar-refractivity contribution in [1.82, 2.24) is 9.80 Å². The van der Waals surface area contributed by atoms with Gasteiger partial charge < -0.3 is 19.0 Å². The fraction of sp³-hybridized carbons (Fsp3) is 0.571. The molecule has 3 heterocycles. The number of hydrogen-bond donors (Lipinski definition) is 0. The first-order chi connectivity index (χ1) is 10.2. The van der Waals surface area contributed by atoms with Crippen LogP contribution in [0, 0.1) is 0 Å². The molecule has 1 atom stereocenters. The highest BCUT2D eigenvalue weighted by molar-refractivity contribution is 6.32. The molecule has 1 aromatic rings. The summed E-state index contributed by atoms with van der Waals surface area (Å²) < 4.78 is 10.2. The lowest BCUT2D eigenvalue weighted by Gasteiger charge is -2.32. The maximum atomic E-state index is 12.6. The molecule has 2 aliphatic heterocycles. The molecule has 21 heavy (non-hydrogen) atoms. The Morgan fingerprint density at radius 2 is 2.00 bits per heavy atom. The molecule has 0 N–H and O–H groups in total. The van der Waals surface area contributed by atoms with Gasteiger partial charge in [-0.2, -0.15) is 0 Å². The third-order valence-electron chi connectivity index (χ3n) is 3.97. The van der Waals surface area contributed by atoms with Crippen molar-refractivity contribution in [2.75, 3.05) is 32.8 Å². The van der Waals surface area contributed by atoms with E-state index in [1.54, 1.807) is 15.9 Å². The van der Waals surface area contributed by atoms with Crippen molar-refractivity contribution in [2.45, 2.75) is 18.9 Å². The largest absolute Gasteiger partial charge is 0.452 e. The smallest absolute Gasteiger partial charge is 0.259 e. The normalized spacial score (nSPS) is 22.6. The molecule has 7 heteroatoms. The van der Waals surface area contributed by atoms with Crippen LogP contribution in [0.2, 0.25) is 5.22 Å². The molecule has 0 spiro atoms. The molecule has 6 nitrogen and oxygen atoms in total. The van der Waals surface area contributed by atoms with Gasteiger partial charge in [0.25, 0.3) is 5.91 Å². The number of carbonyl (C=O) groups excluding carboxylic acids is 2. The van der Waals surface area contributed by atoms with Crippen molar-refractivity contribution in [1.29, 1.82) is 0 Å². The summed E-state index contributed by atoms with van der Waals surface area (Å²) in [4.78, 5) is 28.5. The molecule has 2 aliphatic rings. The van der Waals surface area contributed by atoms with Gasteiger partial charge in [-0.25, -0.2) is 0 Å². The Hall–Kier alpha value is -1.53. The van der Waals surface area contributed by atoms with Gasteiger partial charge in [-0.15, -0.1) is 0 Å². The number of ether oxygens (including phenoxy) is 1. The molecule has 0 radical (unpaired) electrons. The lowest BCUT2D eigenvalue weighted by atomic mass is 10.1. The number of morpholine rings is 1. The third kappa shape index (κ3) is 2.78. The average molecular weight is 313 g/mol. The maximum Gasteiger partial charge on any atom is 0.259 e. The molecule has 2 saturated heterocycles. The first-order valence-electron chi connectivity index (χ1n) is 7.09. The van der Waals surface area contributed by atoms with E-state index in [4.69, 9.17) is 20.8 Å². The van der Waals surface area contributed by atoms with Gasteiger partial charge in [-0.05, 0) is 30.5 Å². The Morgan fingerprint density at radius 3 is 2.67 bits per heavy atom. The summed E-state index contributed by atoms with van der Waals surface area (Å²) in [5.41, 5.74) is 0.318. The number of halogens is 1. The highest BCUT2D eigenvalue weighted by atomic mass is 35.5. The summed E-state index contributed by atoms with van der Waals surface area (Å²) in [5.74, 6) is -0.235. The number of furan rings is 1. The molecular weight excluding hydrogens is 296 g/mol. The first-order valence-corrected chi connectivity index (χ1v) is 7.47.